The molecule has 1 atom stereocenters. The van der Waals surface area contributed by atoms with Crippen molar-refractivity contribution in [2.24, 2.45) is 0 Å². The van der Waals surface area contributed by atoms with Gasteiger partial charge in [-0.3, -0.25) is 0 Å². The molecule has 1 aromatic heterocycles. The summed E-state index contributed by atoms with van der Waals surface area (Å²) in [5, 5.41) is -0.172. The molecule has 2 rings (SSSR count). The Morgan fingerprint density at radius 1 is 1.22 bits per heavy atom. The highest BCUT2D eigenvalue weighted by Crippen LogP contribution is 2.38. The molecule has 1 unspecified atom stereocenters. The fourth-order valence-corrected chi connectivity index (χ4v) is 3.70. The van der Waals surface area contributed by atoms with Crippen molar-refractivity contribution in [1.82, 2.24) is 0 Å². The van der Waals surface area contributed by atoms with E-state index in [0.29, 0.717) is 15.1 Å². The van der Waals surface area contributed by atoms with Gasteiger partial charge in [0.15, 0.2) is 0 Å². The molecular weight excluding hydrogens is 311 g/mol. The van der Waals surface area contributed by atoms with Crippen molar-refractivity contribution in [2.75, 3.05) is 7.11 Å². The minimum Gasteiger partial charge on any atom is -0.497 e. The van der Waals surface area contributed by atoms with Crippen LogP contribution < -0.4 is 4.74 Å². The molecule has 0 amide bonds. The molecule has 1 aromatic carbocycles. The maximum Gasteiger partial charge on any atom is 0.118 e. The zero-order valence-electron chi connectivity index (χ0n) is 9.62. The van der Waals surface area contributed by atoms with Crippen LogP contribution >= 0.6 is 46.1 Å². The number of benzene rings is 1. The normalized spacial score (nSPS) is 12.4. The molecule has 0 aliphatic carbocycles. The monoisotopic (exact) mass is 320 g/mol. The Balaban J connectivity index is 2.10. The van der Waals surface area contributed by atoms with Gasteiger partial charge in [-0.15, -0.1) is 22.9 Å². The number of ether oxygens (including phenoxy) is 1. The van der Waals surface area contributed by atoms with Crippen molar-refractivity contribution >= 4 is 46.1 Å². The maximum absolute atomic E-state index is 6.37. The van der Waals surface area contributed by atoms with E-state index in [9.17, 15) is 0 Å². The van der Waals surface area contributed by atoms with Crippen LogP contribution in [-0.2, 0) is 6.42 Å². The molecule has 1 heterocycles. The van der Waals surface area contributed by atoms with Gasteiger partial charge in [-0.25, -0.2) is 0 Å². The highest BCUT2D eigenvalue weighted by atomic mass is 35.5. The molecule has 0 aliphatic heterocycles. The predicted octanol–water partition coefficient (Wildman–Crippen LogP) is 5.59. The molecule has 18 heavy (non-hydrogen) atoms. The first-order valence-corrected chi connectivity index (χ1v) is 7.32. The summed E-state index contributed by atoms with van der Waals surface area (Å²) in [4.78, 5) is 0. The summed E-state index contributed by atoms with van der Waals surface area (Å²) in [7, 11) is 1.65. The SMILES string of the molecule is COc1ccc(CC(Cl)c2cc(Cl)sc2Cl)cc1. The first kappa shape index (κ1) is 14.0. The van der Waals surface area contributed by atoms with E-state index >= 15 is 0 Å². The Morgan fingerprint density at radius 3 is 2.39 bits per heavy atom. The summed E-state index contributed by atoms with van der Waals surface area (Å²) >= 11 is 19.7. The van der Waals surface area contributed by atoms with Crippen LogP contribution in [0.1, 0.15) is 16.5 Å². The molecule has 5 heteroatoms. The third kappa shape index (κ3) is 3.33. The number of methoxy groups -OCH3 is 1. The fraction of sp³-hybridized carbons (Fsp3) is 0.231. The van der Waals surface area contributed by atoms with Crippen LogP contribution in [0, 0.1) is 0 Å². The van der Waals surface area contributed by atoms with Crippen LogP contribution in [0.3, 0.4) is 0 Å². The van der Waals surface area contributed by atoms with E-state index < -0.39 is 0 Å². The molecule has 1 nitrogen and oxygen atoms in total. The molecule has 0 saturated heterocycles. The summed E-state index contributed by atoms with van der Waals surface area (Å²) in [6.07, 6.45) is 0.707. The Morgan fingerprint density at radius 2 is 1.89 bits per heavy atom. The first-order valence-electron chi connectivity index (χ1n) is 5.32. The van der Waals surface area contributed by atoms with Gasteiger partial charge in [-0.05, 0) is 30.2 Å². The van der Waals surface area contributed by atoms with Gasteiger partial charge in [-0.2, -0.15) is 0 Å². The minimum atomic E-state index is -0.172. The number of halogens is 3. The highest BCUT2D eigenvalue weighted by Gasteiger charge is 2.15. The van der Waals surface area contributed by atoms with Crippen LogP contribution in [0.5, 0.6) is 5.75 Å². The van der Waals surface area contributed by atoms with Crippen molar-refractivity contribution in [1.29, 1.82) is 0 Å². The average Bonchev–Trinajstić information content (AvgIpc) is 2.69. The summed E-state index contributed by atoms with van der Waals surface area (Å²) in [6, 6.07) is 9.66. The van der Waals surface area contributed by atoms with Crippen molar-refractivity contribution in [3.8, 4) is 5.75 Å². The van der Waals surface area contributed by atoms with Crippen LogP contribution in [0.4, 0.5) is 0 Å². The van der Waals surface area contributed by atoms with Gasteiger partial charge >= 0.3 is 0 Å². The maximum atomic E-state index is 6.37. The molecule has 2 aromatic rings. The lowest BCUT2D eigenvalue weighted by Gasteiger charge is -2.09. The van der Waals surface area contributed by atoms with Crippen LogP contribution in [-0.4, -0.2) is 7.11 Å². The smallest absolute Gasteiger partial charge is 0.118 e. The van der Waals surface area contributed by atoms with E-state index in [1.54, 1.807) is 7.11 Å². The van der Waals surface area contributed by atoms with Gasteiger partial charge in [0.05, 0.1) is 21.2 Å². The largest absolute Gasteiger partial charge is 0.497 e. The van der Waals surface area contributed by atoms with E-state index in [4.69, 9.17) is 39.5 Å². The summed E-state index contributed by atoms with van der Waals surface area (Å²) in [5.41, 5.74) is 2.03. The number of thiophene rings is 1. The lowest BCUT2D eigenvalue weighted by atomic mass is 10.1. The lowest BCUT2D eigenvalue weighted by molar-refractivity contribution is 0.414. The Kier molecular flexibility index (Phi) is 4.79. The minimum absolute atomic E-state index is 0.172. The number of hydrogen-bond donors (Lipinski definition) is 0. The standard InChI is InChI=1S/C13H11Cl3OS/c1-17-9-4-2-8(3-5-9)6-11(14)10-7-12(15)18-13(10)16/h2-5,7,11H,6H2,1H3. The Hall–Kier alpha value is -0.410. The van der Waals surface area contributed by atoms with E-state index in [1.165, 1.54) is 11.3 Å². The molecule has 96 valence electrons. The summed E-state index contributed by atoms with van der Waals surface area (Å²) in [6.45, 7) is 0. The topological polar surface area (TPSA) is 9.23 Å². The number of rotatable bonds is 4. The summed E-state index contributed by atoms with van der Waals surface area (Å²) < 4.78 is 6.43. The zero-order chi connectivity index (χ0) is 13.1. The van der Waals surface area contributed by atoms with Crippen molar-refractivity contribution in [3.63, 3.8) is 0 Å². The molecular formula is C13H11Cl3OS. The van der Waals surface area contributed by atoms with Gasteiger partial charge < -0.3 is 4.74 Å². The highest BCUT2D eigenvalue weighted by molar-refractivity contribution is 7.20. The molecule has 0 aliphatic rings. The quantitative estimate of drug-likeness (QED) is 0.667. The third-order valence-electron chi connectivity index (χ3n) is 2.59. The van der Waals surface area contributed by atoms with E-state index in [1.807, 2.05) is 30.3 Å². The van der Waals surface area contributed by atoms with E-state index in [2.05, 4.69) is 0 Å². The second-order valence-electron chi connectivity index (χ2n) is 3.80. The van der Waals surface area contributed by atoms with Gasteiger partial charge in [-0.1, -0.05) is 35.3 Å². The Labute approximate surface area is 125 Å². The predicted molar refractivity (Wildman–Crippen MR) is 79.6 cm³/mol. The van der Waals surface area contributed by atoms with Crippen LogP contribution in [0.25, 0.3) is 0 Å². The van der Waals surface area contributed by atoms with Gasteiger partial charge in [0, 0.05) is 5.56 Å². The second-order valence-corrected chi connectivity index (χ2v) is 6.61. The number of hydrogen-bond acceptors (Lipinski definition) is 2. The average molecular weight is 322 g/mol. The second kappa shape index (κ2) is 6.16. The van der Waals surface area contributed by atoms with Crippen molar-refractivity contribution in [2.45, 2.75) is 11.8 Å². The summed E-state index contributed by atoms with van der Waals surface area (Å²) in [5.74, 6) is 0.835. The molecule has 0 N–H and O–H groups in total. The fourth-order valence-electron chi connectivity index (χ4n) is 1.65. The van der Waals surface area contributed by atoms with Gasteiger partial charge in [0.2, 0.25) is 0 Å². The molecule has 0 bridgehead atoms. The van der Waals surface area contributed by atoms with Crippen molar-refractivity contribution in [3.05, 3.63) is 50.1 Å². The first-order chi connectivity index (χ1) is 8.60. The molecule has 0 fully saturated rings. The molecule has 0 radical (unpaired) electrons. The van der Waals surface area contributed by atoms with Crippen LogP contribution in [0.2, 0.25) is 8.67 Å². The third-order valence-corrected chi connectivity index (χ3v) is 4.50. The van der Waals surface area contributed by atoms with Gasteiger partial charge in [0.25, 0.3) is 0 Å². The number of alkyl halides is 1. The lowest BCUT2D eigenvalue weighted by Crippen LogP contribution is -1.95. The zero-order valence-corrected chi connectivity index (χ0v) is 12.7. The van der Waals surface area contributed by atoms with E-state index in [0.717, 1.165) is 16.9 Å². The van der Waals surface area contributed by atoms with E-state index in [-0.39, 0.29) is 5.38 Å². The molecule has 0 saturated carbocycles. The van der Waals surface area contributed by atoms with Crippen molar-refractivity contribution < 1.29 is 4.74 Å². The molecule has 0 spiro atoms. The Bertz CT molecular complexity index is 522. The van der Waals surface area contributed by atoms with Crippen LogP contribution in [0.15, 0.2) is 30.3 Å². The van der Waals surface area contributed by atoms with Gasteiger partial charge in [0.1, 0.15) is 5.75 Å².